The molecule has 0 saturated heterocycles. The van der Waals surface area contributed by atoms with Crippen LogP contribution >= 0.6 is 11.6 Å². The first kappa shape index (κ1) is 19.4. The number of anilines is 3. The summed E-state index contributed by atoms with van der Waals surface area (Å²) in [6, 6.07) is 4.10. The van der Waals surface area contributed by atoms with Crippen molar-refractivity contribution >= 4 is 44.6 Å². The molecule has 2 aromatic rings. The van der Waals surface area contributed by atoms with Crippen LogP contribution in [0.25, 0.3) is 0 Å². The summed E-state index contributed by atoms with van der Waals surface area (Å²) < 4.78 is 55.1. The molecule has 2 aromatic carbocycles. The molecule has 1 amide bonds. The zero-order valence-electron chi connectivity index (χ0n) is 14.4. The summed E-state index contributed by atoms with van der Waals surface area (Å²) in [5.41, 5.74) is 6.26. The topological polar surface area (TPSA) is 92.5 Å². The number of hydrogen-bond acceptors (Lipinski definition) is 4. The number of amides is 1. The van der Waals surface area contributed by atoms with Crippen molar-refractivity contribution in [3.05, 3.63) is 46.5 Å². The second-order valence-electron chi connectivity index (χ2n) is 6.33. The van der Waals surface area contributed by atoms with Gasteiger partial charge in [0.1, 0.15) is 5.69 Å². The molecule has 0 unspecified atom stereocenters. The molecule has 0 aromatic heterocycles. The quantitative estimate of drug-likeness (QED) is 0.751. The van der Waals surface area contributed by atoms with Gasteiger partial charge in [-0.25, -0.2) is 17.2 Å². The molecular formula is C17H16ClF2N3O3S. The Morgan fingerprint density at radius 1 is 1.26 bits per heavy atom. The number of nitrogens with two attached hydrogens (primary N) is 1. The Morgan fingerprint density at radius 2 is 1.85 bits per heavy atom. The minimum absolute atomic E-state index is 0.0875. The molecule has 0 aliphatic carbocycles. The summed E-state index contributed by atoms with van der Waals surface area (Å²) >= 11 is 5.54. The van der Waals surface area contributed by atoms with Crippen molar-refractivity contribution in [3.63, 3.8) is 0 Å². The van der Waals surface area contributed by atoms with Crippen LogP contribution in [-0.4, -0.2) is 20.9 Å². The highest BCUT2D eigenvalue weighted by Gasteiger charge is 2.32. The molecule has 1 aliphatic heterocycles. The van der Waals surface area contributed by atoms with E-state index >= 15 is 0 Å². The van der Waals surface area contributed by atoms with Crippen LogP contribution in [0.1, 0.15) is 25.3 Å². The SMILES string of the molecule is CC(=O)N1C[C@@H](C)c2cc(S(=O)(=O)Nc3c(F)cc(Cl)cc3F)cc(N)c21. The number of rotatable bonds is 3. The third-order valence-electron chi connectivity index (χ3n) is 4.33. The third-order valence-corrected chi connectivity index (χ3v) is 5.88. The first-order valence-electron chi connectivity index (χ1n) is 7.90. The molecule has 3 rings (SSSR count). The van der Waals surface area contributed by atoms with Gasteiger partial charge in [-0.1, -0.05) is 18.5 Å². The fraction of sp³-hybridized carbons (Fsp3) is 0.235. The fourth-order valence-corrected chi connectivity index (χ4v) is 4.41. The van der Waals surface area contributed by atoms with Crippen LogP contribution < -0.4 is 15.4 Å². The first-order valence-corrected chi connectivity index (χ1v) is 9.76. The van der Waals surface area contributed by atoms with E-state index in [1.165, 1.54) is 17.9 Å². The number of hydrogen-bond donors (Lipinski definition) is 2. The maximum Gasteiger partial charge on any atom is 0.262 e. The molecule has 1 atom stereocenters. The van der Waals surface area contributed by atoms with Gasteiger partial charge in [-0.2, -0.15) is 0 Å². The number of fused-ring (bicyclic) bond motifs is 1. The van der Waals surface area contributed by atoms with Crippen LogP contribution in [0.4, 0.5) is 25.8 Å². The number of halogens is 3. The van der Waals surface area contributed by atoms with E-state index < -0.39 is 27.3 Å². The Kier molecular flexibility index (Phi) is 4.77. The Hall–Kier alpha value is -2.39. The number of nitrogens with zero attached hydrogens (tertiary/aromatic N) is 1. The number of carbonyl (C=O) groups is 1. The number of benzene rings is 2. The Bertz CT molecular complexity index is 1040. The summed E-state index contributed by atoms with van der Waals surface area (Å²) in [6.45, 7) is 3.58. The van der Waals surface area contributed by atoms with Crippen molar-refractivity contribution in [2.75, 3.05) is 21.9 Å². The second-order valence-corrected chi connectivity index (χ2v) is 8.45. The van der Waals surface area contributed by atoms with Crippen LogP contribution in [-0.2, 0) is 14.8 Å². The molecule has 1 heterocycles. The molecule has 0 bridgehead atoms. The van der Waals surface area contributed by atoms with Gasteiger partial charge in [0.25, 0.3) is 10.0 Å². The van der Waals surface area contributed by atoms with Gasteiger partial charge in [0.15, 0.2) is 11.6 Å². The minimum atomic E-state index is -4.33. The smallest absolute Gasteiger partial charge is 0.262 e. The highest BCUT2D eigenvalue weighted by molar-refractivity contribution is 7.92. The van der Waals surface area contributed by atoms with Gasteiger partial charge in [-0.15, -0.1) is 0 Å². The van der Waals surface area contributed by atoms with Crippen molar-refractivity contribution in [3.8, 4) is 0 Å². The van der Waals surface area contributed by atoms with Crippen molar-refractivity contribution in [1.82, 2.24) is 0 Å². The van der Waals surface area contributed by atoms with E-state index in [1.54, 1.807) is 0 Å². The fourth-order valence-electron chi connectivity index (χ4n) is 3.08. The van der Waals surface area contributed by atoms with Crippen molar-refractivity contribution in [1.29, 1.82) is 0 Å². The molecule has 0 radical (unpaired) electrons. The standard InChI is InChI=1S/C17H16ClF2N3O3S/c1-8-7-23(9(2)24)17-12(8)5-11(6-15(17)21)27(25,26)22-16-13(19)3-10(18)4-14(16)20/h3-6,8,22H,7,21H2,1-2H3/t8-/m1/s1. The largest absolute Gasteiger partial charge is 0.397 e. The summed E-state index contributed by atoms with van der Waals surface area (Å²) in [5, 5.41) is -0.201. The number of sulfonamides is 1. The zero-order valence-corrected chi connectivity index (χ0v) is 16.0. The highest BCUT2D eigenvalue weighted by atomic mass is 35.5. The van der Waals surface area contributed by atoms with Crippen molar-refractivity contribution in [2.45, 2.75) is 24.7 Å². The molecular weight excluding hydrogens is 400 g/mol. The van der Waals surface area contributed by atoms with Crippen LogP contribution in [0.5, 0.6) is 0 Å². The number of nitrogens with one attached hydrogen (secondary N) is 1. The Labute approximate surface area is 160 Å². The van der Waals surface area contributed by atoms with Crippen LogP contribution in [0.3, 0.4) is 0 Å². The van der Waals surface area contributed by atoms with E-state index in [-0.39, 0.29) is 27.4 Å². The van der Waals surface area contributed by atoms with E-state index in [0.29, 0.717) is 17.8 Å². The molecule has 0 fully saturated rings. The minimum Gasteiger partial charge on any atom is -0.397 e. The molecule has 6 nitrogen and oxygen atoms in total. The van der Waals surface area contributed by atoms with Gasteiger partial charge in [-0.3, -0.25) is 9.52 Å². The van der Waals surface area contributed by atoms with Gasteiger partial charge in [-0.05, 0) is 29.8 Å². The first-order chi connectivity index (χ1) is 12.5. The maximum absolute atomic E-state index is 13.9. The van der Waals surface area contributed by atoms with E-state index in [0.717, 1.165) is 18.2 Å². The van der Waals surface area contributed by atoms with Gasteiger partial charge < -0.3 is 10.6 Å². The lowest BCUT2D eigenvalue weighted by atomic mass is 10.0. The Balaban J connectivity index is 2.06. The van der Waals surface area contributed by atoms with Gasteiger partial charge in [0.05, 0.1) is 16.3 Å². The maximum atomic E-state index is 13.9. The van der Waals surface area contributed by atoms with Crippen LogP contribution in [0, 0.1) is 11.6 Å². The van der Waals surface area contributed by atoms with Gasteiger partial charge in [0.2, 0.25) is 5.91 Å². The van der Waals surface area contributed by atoms with Crippen LogP contribution in [0.2, 0.25) is 5.02 Å². The lowest BCUT2D eigenvalue weighted by Crippen LogP contribution is -2.27. The van der Waals surface area contributed by atoms with E-state index in [2.05, 4.69) is 0 Å². The highest BCUT2D eigenvalue weighted by Crippen LogP contribution is 2.42. The molecule has 1 aliphatic rings. The van der Waals surface area contributed by atoms with Gasteiger partial charge >= 0.3 is 0 Å². The molecule has 144 valence electrons. The molecule has 10 heteroatoms. The summed E-state index contributed by atoms with van der Waals surface area (Å²) in [7, 11) is -4.33. The predicted molar refractivity (Wildman–Crippen MR) is 99.5 cm³/mol. The van der Waals surface area contributed by atoms with Crippen molar-refractivity contribution in [2.24, 2.45) is 0 Å². The lowest BCUT2D eigenvalue weighted by molar-refractivity contribution is -0.116. The van der Waals surface area contributed by atoms with Gasteiger partial charge in [0, 0.05) is 24.4 Å². The molecule has 0 spiro atoms. The monoisotopic (exact) mass is 415 g/mol. The molecule has 0 saturated carbocycles. The normalized spacial score (nSPS) is 16.3. The van der Waals surface area contributed by atoms with E-state index in [1.807, 2.05) is 11.6 Å². The third kappa shape index (κ3) is 3.44. The van der Waals surface area contributed by atoms with E-state index in [4.69, 9.17) is 17.3 Å². The summed E-state index contributed by atoms with van der Waals surface area (Å²) in [4.78, 5) is 13.0. The predicted octanol–water partition coefficient (Wildman–Crippen LogP) is 3.47. The van der Waals surface area contributed by atoms with Crippen LogP contribution in [0.15, 0.2) is 29.2 Å². The Morgan fingerprint density at radius 3 is 2.41 bits per heavy atom. The number of nitrogen functional groups attached to an aromatic ring is 1. The zero-order chi connectivity index (χ0) is 20.1. The van der Waals surface area contributed by atoms with E-state index in [9.17, 15) is 22.0 Å². The average Bonchev–Trinajstić information content (AvgIpc) is 2.89. The summed E-state index contributed by atoms with van der Waals surface area (Å²) in [6.07, 6.45) is 0. The second kappa shape index (κ2) is 6.65. The number of carbonyl (C=O) groups excluding carboxylic acids is 1. The average molecular weight is 416 g/mol. The molecule has 27 heavy (non-hydrogen) atoms. The van der Waals surface area contributed by atoms with Crippen molar-refractivity contribution < 1.29 is 22.0 Å². The summed E-state index contributed by atoms with van der Waals surface area (Å²) in [5.74, 6) is -2.65. The molecule has 3 N–H and O–H groups in total. The lowest BCUT2D eigenvalue weighted by Gasteiger charge is -2.18.